The molecule has 1 aliphatic rings. The Morgan fingerprint density at radius 3 is 2.74 bits per heavy atom. The minimum atomic E-state index is -0.0539. The monoisotopic (exact) mass is 274 g/mol. The molecule has 1 heterocycles. The maximum Gasteiger partial charge on any atom is 0.197 e. The Hall–Kier alpha value is -2.00. The fraction of sp³-hybridized carbons (Fsp3) is 0.133. The molecule has 0 amide bonds. The first-order valence-corrected chi connectivity index (χ1v) is 6.21. The molecule has 2 aromatic carbocycles. The van der Waals surface area contributed by atoms with Gasteiger partial charge in [0.15, 0.2) is 5.78 Å². The van der Waals surface area contributed by atoms with E-state index in [1.54, 1.807) is 37.4 Å². The molecule has 0 atom stereocenters. The van der Waals surface area contributed by atoms with Gasteiger partial charge in [-0.05, 0) is 36.4 Å². The summed E-state index contributed by atoms with van der Waals surface area (Å²) in [6.07, 6.45) is 0. The van der Waals surface area contributed by atoms with Gasteiger partial charge in [0.2, 0.25) is 0 Å². The van der Waals surface area contributed by atoms with Crippen molar-refractivity contribution in [1.82, 2.24) is 0 Å². The highest BCUT2D eigenvalue weighted by Gasteiger charge is 2.22. The molecule has 0 aromatic heterocycles. The van der Waals surface area contributed by atoms with Crippen LogP contribution in [0.5, 0.6) is 11.5 Å². The summed E-state index contributed by atoms with van der Waals surface area (Å²) in [4.78, 5) is 12.5. The number of carbonyl (C=O) groups excluding carboxylic acids is 1. The predicted molar refractivity (Wildman–Crippen MR) is 72.2 cm³/mol. The molecule has 3 rings (SSSR count). The predicted octanol–water partition coefficient (Wildman–Crippen LogP) is 3.47. The van der Waals surface area contributed by atoms with Crippen molar-refractivity contribution >= 4 is 17.4 Å². The molecule has 19 heavy (non-hydrogen) atoms. The SMILES string of the molecule is COc1ccc2c(c1)COc1cc(Cl)ccc1C2=O. The molecular weight excluding hydrogens is 264 g/mol. The molecule has 0 saturated heterocycles. The lowest BCUT2D eigenvalue weighted by Gasteiger charge is -2.06. The van der Waals surface area contributed by atoms with Crippen LogP contribution >= 0.6 is 11.6 Å². The highest BCUT2D eigenvalue weighted by molar-refractivity contribution is 6.31. The van der Waals surface area contributed by atoms with E-state index >= 15 is 0 Å². The van der Waals surface area contributed by atoms with Crippen LogP contribution in [0.25, 0.3) is 0 Å². The van der Waals surface area contributed by atoms with Gasteiger partial charge >= 0.3 is 0 Å². The van der Waals surface area contributed by atoms with Crippen LogP contribution < -0.4 is 9.47 Å². The van der Waals surface area contributed by atoms with Gasteiger partial charge in [-0.1, -0.05) is 11.6 Å². The lowest BCUT2D eigenvalue weighted by atomic mass is 9.99. The highest BCUT2D eigenvalue weighted by Crippen LogP contribution is 2.32. The summed E-state index contributed by atoms with van der Waals surface area (Å²) in [5.41, 5.74) is 1.99. The van der Waals surface area contributed by atoms with Crippen molar-refractivity contribution in [1.29, 1.82) is 0 Å². The van der Waals surface area contributed by atoms with Crippen molar-refractivity contribution in [3.8, 4) is 11.5 Å². The highest BCUT2D eigenvalue weighted by atomic mass is 35.5. The van der Waals surface area contributed by atoms with Gasteiger partial charge in [-0.2, -0.15) is 0 Å². The number of rotatable bonds is 1. The van der Waals surface area contributed by atoms with Crippen molar-refractivity contribution in [2.24, 2.45) is 0 Å². The third-order valence-electron chi connectivity index (χ3n) is 3.13. The zero-order chi connectivity index (χ0) is 13.4. The second kappa shape index (κ2) is 4.59. The van der Waals surface area contributed by atoms with Crippen molar-refractivity contribution in [2.75, 3.05) is 7.11 Å². The standard InChI is InChI=1S/C15H11ClO3/c1-18-11-3-5-12-9(6-11)8-19-14-7-10(16)2-4-13(14)15(12)17/h2-7H,8H2,1H3. The first-order chi connectivity index (χ1) is 9.19. The summed E-state index contributed by atoms with van der Waals surface area (Å²) in [6.45, 7) is 0.325. The van der Waals surface area contributed by atoms with E-state index in [-0.39, 0.29) is 5.78 Å². The largest absolute Gasteiger partial charge is 0.497 e. The van der Waals surface area contributed by atoms with E-state index in [0.29, 0.717) is 34.3 Å². The lowest BCUT2D eigenvalue weighted by Crippen LogP contribution is -2.03. The Kier molecular flexibility index (Phi) is 2.91. The van der Waals surface area contributed by atoms with E-state index < -0.39 is 0 Å². The molecule has 2 aromatic rings. The topological polar surface area (TPSA) is 35.5 Å². The molecule has 0 saturated carbocycles. The third kappa shape index (κ3) is 2.06. The quantitative estimate of drug-likeness (QED) is 0.799. The van der Waals surface area contributed by atoms with Crippen LogP contribution in [-0.2, 0) is 6.61 Å². The fourth-order valence-electron chi connectivity index (χ4n) is 2.14. The number of benzene rings is 2. The van der Waals surface area contributed by atoms with Gasteiger partial charge in [-0.3, -0.25) is 4.79 Å². The smallest absolute Gasteiger partial charge is 0.197 e. The van der Waals surface area contributed by atoms with Gasteiger partial charge in [0.05, 0.1) is 12.7 Å². The molecule has 0 aliphatic carbocycles. The average Bonchev–Trinajstić information content (AvgIpc) is 2.56. The van der Waals surface area contributed by atoms with Crippen LogP contribution in [0.1, 0.15) is 21.5 Å². The second-order valence-electron chi connectivity index (χ2n) is 4.28. The maximum atomic E-state index is 12.5. The molecule has 1 aliphatic heterocycles. The van der Waals surface area contributed by atoms with Gasteiger partial charge in [0.1, 0.15) is 18.1 Å². The molecule has 0 radical (unpaired) electrons. The van der Waals surface area contributed by atoms with E-state index in [4.69, 9.17) is 21.1 Å². The number of carbonyl (C=O) groups is 1. The Bertz CT molecular complexity index is 664. The van der Waals surface area contributed by atoms with Crippen LogP contribution in [-0.4, -0.2) is 12.9 Å². The molecule has 0 fully saturated rings. The van der Waals surface area contributed by atoms with E-state index in [0.717, 1.165) is 5.56 Å². The van der Waals surface area contributed by atoms with Crippen LogP contribution in [0.3, 0.4) is 0 Å². The van der Waals surface area contributed by atoms with Gasteiger partial charge in [-0.25, -0.2) is 0 Å². The average molecular weight is 275 g/mol. The molecule has 4 heteroatoms. The summed E-state index contributed by atoms with van der Waals surface area (Å²) in [5.74, 6) is 1.17. The Balaban J connectivity index is 2.13. The zero-order valence-corrected chi connectivity index (χ0v) is 11.0. The lowest BCUT2D eigenvalue weighted by molar-refractivity contribution is 0.103. The van der Waals surface area contributed by atoms with E-state index in [1.165, 1.54) is 0 Å². The summed E-state index contributed by atoms with van der Waals surface area (Å²) in [6, 6.07) is 10.4. The molecule has 0 spiro atoms. The molecule has 0 bridgehead atoms. The van der Waals surface area contributed by atoms with Crippen LogP contribution in [0.4, 0.5) is 0 Å². The Labute approximate surface area is 115 Å². The van der Waals surface area contributed by atoms with Crippen molar-refractivity contribution < 1.29 is 14.3 Å². The Morgan fingerprint density at radius 2 is 1.95 bits per heavy atom. The van der Waals surface area contributed by atoms with Crippen molar-refractivity contribution in [3.63, 3.8) is 0 Å². The van der Waals surface area contributed by atoms with Crippen molar-refractivity contribution in [3.05, 3.63) is 58.1 Å². The summed E-state index contributed by atoms with van der Waals surface area (Å²) in [5, 5.41) is 0.551. The fourth-order valence-corrected chi connectivity index (χ4v) is 2.30. The molecular formula is C15H11ClO3. The third-order valence-corrected chi connectivity index (χ3v) is 3.36. The maximum absolute atomic E-state index is 12.5. The first kappa shape index (κ1) is 12.1. The number of ether oxygens (including phenoxy) is 2. The summed E-state index contributed by atoms with van der Waals surface area (Å²) < 4.78 is 10.8. The van der Waals surface area contributed by atoms with Crippen LogP contribution in [0.2, 0.25) is 5.02 Å². The zero-order valence-electron chi connectivity index (χ0n) is 10.3. The van der Waals surface area contributed by atoms with Gasteiger partial charge in [-0.15, -0.1) is 0 Å². The van der Waals surface area contributed by atoms with Gasteiger partial charge in [0, 0.05) is 16.1 Å². The van der Waals surface area contributed by atoms with Crippen molar-refractivity contribution in [2.45, 2.75) is 6.61 Å². The van der Waals surface area contributed by atoms with Gasteiger partial charge in [0.25, 0.3) is 0 Å². The van der Waals surface area contributed by atoms with E-state index in [1.807, 2.05) is 6.07 Å². The van der Waals surface area contributed by atoms with E-state index in [2.05, 4.69) is 0 Å². The number of halogens is 1. The molecule has 0 unspecified atom stereocenters. The minimum Gasteiger partial charge on any atom is -0.497 e. The van der Waals surface area contributed by atoms with Crippen LogP contribution in [0, 0.1) is 0 Å². The second-order valence-corrected chi connectivity index (χ2v) is 4.72. The number of hydrogen-bond acceptors (Lipinski definition) is 3. The normalized spacial score (nSPS) is 13.1. The van der Waals surface area contributed by atoms with Crippen LogP contribution in [0.15, 0.2) is 36.4 Å². The number of ketones is 1. The number of fused-ring (bicyclic) bond motifs is 2. The minimum absolute atomic E-state index is 0.0539. The molecule has 0 N–H and O–H groups in total. The first-order valence-electron chi connectivity index (χ1n) is 5.83. The molecule has 3 nitrogen and oxygen atoms in total. The summed E-state index contributed by atoms with van der Waals surface area (Å²) >= 11 is 5.93. The number of hydrogen-bond donors (Lipinski definition) is 0. The molecule has 96 valence electrons. The van der Waals surface area contributed by atoms with E-state index in [9.17, 15) is 4.79 Å². The number of methoxy groups -OCH3 is 1. The summed E-state index contributed by atoms with van der Waals surface area (Å²) in [7, 11) is 1.59. The van der Waals surface area contributed by atoms with Gasteiger partial charge < -0.3 is 9.47 Å². The Morgan fingerprint density at radius 1 is 1.16 bits per heavy atom.